The minimum Gasteiger partial charge on any atom is -0.315 e. The fourth-order valence-electron chi connectivity index (χ4n) is 3.83. The molecule has 6 nitrogen and oxygen atoms in total. The summed E-state index contributed by atoms with van der Waals surface area (Å²) in [5.41, 5.74) is 0. The molecule has 2 unspecified atom stereocenters. The first-order valence-corrected chi connectivity index (χ1v) is 9.78. The number of nitrogens with one attached hydrogen (secondary N) is 2. The van der Waals surface area contributed by atoms with Crippen LogP contribution in [-0.4, -0.2) is 113 Å². The van der Waals surface area contributed by atoms with Gasteiger partial charge in [0, 0.05) is 38.8 Å². The van der Waals surface area contributed by atoms with Gasteiger partial charge in [0.15, 0.2) is 0 Å². The van der Waals surface area contributed by atoms with Crippen molar-refractivity contribution in [2.45, 2.75) is 25.3 Å². The average molecular weight is 341 g/mol. The van der Waals surface area contributed by atoms with E-state index in [1.54, 1.807) is 0 Å². The quantitative estimate of drug-likeness (QED) is 0.679. The van der Waals surface area contributed by atoms with Crippen LogP contribution in [0, 0.1) is 5.92 Å². The van der Waals surface area contributed by atoms with Gasteiger partial charge in [-0.05, 0) is 79.6 Å². The molecule has 0 aromatic carbocycles. The maximum Gasteiger partial charge on any atom is 0.0270 e. The second kappa shape index (κ2) is 10.7. The van der Waals surface area contributed by atoms with Gasteiger partial charge in [-0.15, -0.1) is 0 Å². The van der Waals surface area contributed by atoms with Crippen molar-refractivity contribution in [3.8, 4) is 0 Å². The molecule has 0 aliphatic carbocycles. The third-order valence-corrected chi connectivity index (χ3v) is 5.30. The third-order valence-electron chi connectivity index (χ3n) is 5.30. The molecule has 0 radical (unpaired) electrons. The van der Waals surface area contributed by atoms with Crippen LogP contribution in [0.3, 0.4) is 0 Å². The number of nitrogens with zero attached hydrogens (tertiary/aromatic N) is 4. The topological polar surface area (TPSA) is 37.0 Å². The highest BCUT2D eigenvalue weighted by molar-refractivity contribution is 4.81. The molecule has 2 atom stereocenters. The van der Waals surface area contributed by atoms with E-state index in [0.29, 0.717) is 6.04 Å². The minimum atomic E-state index is 0.676. The minimum absolute atomic E-state index is 0.676. The molecule has 6 heteroatoms. The van der Waals surface area contributed by atoms with Crippen molar-refractivity contribution in [2.24, 2.45) is 5.92 Å². The van der Waals surface area contributed by atoms with Crippen LogP contribution in [0.1, 0.15) is 19.3 Å². The Morgan fingerprint density at radius 2 is 1.58 bits per heavy atom. The SMILES string of the molecule is CN(C)CCC1CNCCN(N2CCNCCC2CCN(C)C)C1. The maximum absolute atomic E-state index is 3.66. The van der Waals surface area contributed by atoms with Crippen molar-refractivity contribution in [3.05, 3.63) is 0 Å². The summed E-state index contributed by atoms with van der Waals surface area (Å²) in [6.07, 6.45) is 3.81. The molecule has 24 heavy (non-hydrogen) atoms. The average Bonchev–Trinajstić information content (AvgIpc) is 2.91. The summed E-state index contributed by atoms with van der Waals surface area (Å²) in [5, 5.41) is 12.6. The molecule has 0 saturated carbocycles. The van der Waals surface area contributed by atoms with Crippen LogP contribution in [-0.2, 0) is 0 Å². The summed E-state index contributed by atoms with van der Waals surface area (Å²) in [7, 11) is 8.73. The predicted molar refractivity (Wildman–Crippen MR) is 102 cm³/mol. The molecule has 2 heterocycles. The molecule has 0 bridgehead atoms. The molecular weight excluding hydrogens is 300 g/mol. The highest BCUT2D eigenvalue weighted by Crippen LogP contribution is 2.18. The van der Waals surface area contributed by atoms with E-state index < -0.39 is 0 Å². The smallest absolute Gasteiger partial charge is 0.0270 e. The van der Waals surface area contributed by atoms with Crippen LogP contribution in [0.2, 0.25) is 0 Å². The number of hydrogen-bond donors (Lipinski definition) is 2. The van der Waals surface area contributed by atoms with Crippen molar-refractivity contribution in [1.29, 1.82) is 0 Å². The third kappa shape index (κ3) is 6.94. The molecule has 2 rings (SSSR count). The van der Waals surface area contributed by atoms with Gasteiger partial charge in [-0.2, -0.15) is 0 Å². The molecule has 0 spiro atoms. The Morgan fingerprint density at radius 1 is 0.875 bits per heavy atom. The van der Waals surface area contributed by atoms with Crippen LogP contribution in [0.15, 0.2) is 0 Å². The molecule has 2 aliphatic rings. The van der Waals surface area contributed by atoms with Gasteiger partial charge in [-0.1, -0.05) is 0 Å². The Balaban J connectivity index is 1.97. The molecule has 0 amide bonds. The lowest BCUT2D eigenvalue weighted by Gasteiger charge is -2.40. The highest BCUT2D eigenvalue weighted by Gasteiger charge is 2.28. The first kappa shape index (κ1) is 20.1. The standard InChI is InChI=1S/C18H40N6/c1-21(2)11-6-17-15-20-9-13-23(16-17)24-14-10-19-8-5-18(24)7-12-22(3)4/h17-20H,5-16H2,1-4H3. The van der Waals surface area contributed by atoms with Crippen LogP contribution >= 0.6 is 0 Å². The summed E-state index contributed by atoms with van der Waals surface area (Å²) < 4.78 is 0. The van der Waals surface area contributed by atoms with E-state index in [1.165, 1.54) is 45.4 Å². The largest absolute Gasteiger partial charge is 0.315 e. The summed E-state index contributed by atoms with van der Waals surface area (Å²) in [4.78, 5) is 4.63. The van der Waals surface area contributed by atoms with E-state index in [1.807, 2.05) is 0 Å². The predicted octanol–water partition coefficient (Wildman–Crippen LogP) is -0.00990. The summed E-state index contributed by atoms with van der Waals surface area (Å²) >= 11 is 0. The summed E-state index contributed by atoms with van der Waals surface area (Å²) in [6.45, 7) is 10.4. The Bertz CT molecular complexity index is 335. The first-order chi connectivity index (χ1) is 11.6. The maximum atomic E-state index is 3.66. The molecule has 0 aromatic heterocycles. The fourth-order valence-corrected chi connectivity index (χ4v) is 3.83. The van der Waals surface area contributed by atoms with E-state index in [9.17, 15) is 0 Å². The zero-order valence-corrected chi connectivity index (χ0v) is 16.4. The first-order valence-electron chi connectivity index (χ1n) is 9.78. The zero-order chi connectivity index (χ0) is 17.4. The molecule has 2 N–H and O–H groups in total. The zero-order valence-electron chi connectivity index (χ0n) is 16.4. The van der Waals surface area contributed by atoms with E-state index in [2.05, 4.69) is 58.6 Å². The normalized spacial score (nSPS) is 28.2. The van der Waals surface area contributed by atoms with Gasteiger partial charge in [0.25, 0.3) is 0 Å². The van der Waals surface area contributed by atoms with Crippen LogP contribution in [0.5, 0.6) is 0 Å². The number of hydrazine groups is 1. The Morgan fingerprint density at radius 3 is 2.33 bits per heavy atom. The molecular formula is C18H40N6. The summed E-state index contributed by atoms with van der Waals surface area (Å²) in [5.74, 6) is 0.751. The van der Waals surface area contributed by atoms with Gasteiger partial charge in [0.2, 0.25) is 0 Å². The monoisotopic (exact) mass is 340 g/mol. The molecule has 0 aromatic rings. The lowest BCUT2D eigenvalue weighted by molar-refractivity contribution is -0.0635. The second-order valence-corrected chi connectivity index (χ2v) is 8.02. The van der Waals surface area contributed by atoms with E-state index >= 15 is 0 Å². The lowest BCUT2D eigenvalue weighted by Crippen LogP contribution is -2.52. The van der Waals surface area contributed by atoms with Crippen molar-refractivity contribution in [3.63, 3.8) is 0 Å². The fraction of sp³-hybridized carbons (Fsp3) is 1.00. The molecule has 142 valence electrons. The van der Waals surface area contributed by atoms with Crippen molar-refractivity contribution < 1.29 is 0 Å². The Hall–Kier alpha value is -0.240. The lowest BCUT2D eigenvalue weighted by atomic mass is 10.1. The highest BCUT2D eigenvalue weighted by atomic mass is 15.6. The van der Waals surface area contributed by atoms with Gasteiger partial charge in [0.1, 0.15) is 0 Å². The molecule has 2 fully saturated rings. The van der Waals surface area contributed by atoms with Crippen molar-refractivity contribution in [1.82, 2.24) is 30.5 Å². The van der Waals surface area contributed by atoms with Gasteiger partial charge in [-0.3, -0.25) is 0 Å². The van der Waals surface area contributed by atoms with Gasteiger partial charge in [0.05, 0.1) is 0 Å². The van der Waals surface area contributed by atoms with Crippen LogP contribution < -0.4 is 10.6 Å². The van der Waals surface area contributed by atoms with Gasteiger partial charge in [-0.25, -0.2) is 10.0 Å². The molecule has 2 saturated heterocycles. The van der Waals surface area contributed by atoms with Crippen LogP contribution in [0.25, 0.3) is 0 Å². The van der Waals surface area contributed by atoms with E-state index in [0.717, 1.165) is 38.6 Å². The van der Waals surface area contributed by atoms with E-state index in [4.69, 9.17) is 0 Å². The van der Waals surface area contributed by atoms with Crippen molar-refractivity contribution in [2.75, 3.05) is 87.1 Å². The number of hydrogen-bond acceptors (Lipinski definition) is 6. The van der Waals surface area contributed by atoms with E-state index in [-0.39, 0.29) is 0 Å². The Kier molecular flexibility index (Phi) is 8.94. The Labute approximate surface area is 149 Å². The van der Waals surface area contributed by atoms with Gasteiger partial charge >= 0.3 is 0 Å². The van der Waals surface area contributed by atoms with Crippen molar-refractivity contribution >= 4 is 0 Å². The van der Waals surface area contributed by atoms with Crippen LogP contribution in [0.4, 0.5) is 0 Å². The second-order valence-electron chi connectivity index (χ2n) is 8.02. The van der Waals surface area contributed by atoms with Gasteiger partial charge < -0.3 is 20.4 Å². The number of rotatable bonds is 7. The summed E-state index contributed by atoms with van der Waals surface area (Å²) in [6, 6.07) is 0.676. The molecule has 2 aliphatic heterocycles.